The third kappa shape index (κ3) is 5.23. The molecule has 0 atom stereocenters. The largest absolute Gasteiger partial charge is 0.707 e. The topological polar surface area (TPSA) is 100 Å². The van der Waals surface area contributed by atoms with E-state index in [1.807, 2.05) is 18.0 Å². The monoisotopic (exact) mass is 414 g/mol. The van der Waals surface area contributed by atoms with Crippen molar-refractivity contribution >= 4 is 40.9 Å². The molecule has 152 valence electrons. The Morgan fingerprint density at radius 1 is 1.24 bits per heavy atom. The van der Waals surface area contributed by atoms with Crippen molar-refractivity contribution in [2.75, 3.05) is 18.7 Å². The van der Waals surface area contributed by atoms with Gasteiger partial charge in [0.15, 0.2) is 11.6 Å². The van der Waals surface area contributed by atoms with Gasteiger partial charge in [-0.1, -0.05) is 13.8 Å². The van der Waals surface area contributed by atoms with Crippen LogP contribution in [-0.2, 0) is 0 Å². The van der Waals surface area contributed by atoms with E-state index in [-0.39, 0.29) is 5.75 Å². The van der Waals surface area contributed by atoms with Crippen LogP contribution in [0.4, 0.5) is 5.82 Å². The van der Waals surface area contributed by atoms with Crippen molar-refractivity contribution in [3.8, 4) is 11.5 Å². The summed E-state index contributed by atoms with van der Waals surface area (Å²) in [4.78, 5) is 9.99. The predicted octanol–water partition coefficient (Wildman–Crippen LogP) is 2.85. The fourth-order valence-electron chi connectivity index (χ4n) is 2.79. The summed E-state index contributed by atoms with van der Waals surface area (Å²) in [6.07, 6.45) is 3.26. The van der Waals surface area contributed by atoms with Gasteiger partial charge in [-0.2, -0.15) is 5.10 Å². The molecule has 0 aliphatic carbocycles. The molecule has 0 aliphatic rings. The van der Waals surface area contributed by atoms with Crippen LogP contribution in [-0.4, -0.2) is 47.2 Å². The van der Waals surface area contributed by atoms with Gasteiger partial charge in [-0.15, -0.1) is 11.3 Å². The first-order valence-electron chi connectivity index (χ1n) is 9.11. The van der Waals surface area contributed by atoms with E-state index in [4.69, 9.17) is 19.4 Å². The van der Waals surface area contributed by atoms with Crippen LogP contribution in [0, 0.1) is 12.8 Å². The highest BCUT2D eigenvalue weighted by Crippen LogP contribution is 2.32. The first-order chi connectivity index (χ1) is 13.9. The summed E-state index contributed by atoms with van der Waals surface area (Å²) in [5.41, 5.74) is 1.68. The van der Waals surface area contributed by atoms with E-state index in [9.17, 15) is 0 Å². The van der Waals surface area contributed by atoms with Gasteiger partial charge in [-0.05, 0) is 42.7 Å². The maximum Gasteiger partial charge on any atom is 0.707 e. The maximum absolute atomic E-state index is 9.00. The second kappa shape index (κ2) is 9.21. The van der Waals surface area contributed by atoms with Crippen molar-refractivity contribution in [2.24, 2.45) is 11.0 Å². The number of hydrogen-bond acceptors (Lipinski definition) is 9. The molecule has 0 unspecified atom stereocenters. The van der Waals surface area contributed by atoms with Crippen LogP contribution >= 0.6 is 11.3 Å². The predicted molar refractivity (Wildman–Crippen MR) is 116 cm³/mol. The van der Waals surface area contributed by atoms with Crippen LogP contribution in [0.25, 0.3) is 10.2 Å². The number of hydrogen-bond donors (Lipinski definition) is 2. The van der Waals surface area contributed by atoms with Gasteiger partial charge in [0.25, 0.3) is 0 Å². The first-order valence-corrected chi connectivity index (χ1v) is 9.92. The number of methoxy groups -OCH3 is 1. The quantitative estimate of drug-likeness (QED) is 0.332. The molecule has 0 saturated heterocycles. The van der Waals surface area contributed by atoms with Crippen molar-refractivity contribution in [1.29, 1.82) is 0 Å². The number of rotatable bonds is 8. The minimum absolute atomic E-state index is 0.227. The summed E-state index contributed by atoms with van der Waals surface area (Å²) in [5, 5.41) is 24.5. The molecule has 3 rings (SSSR count). The number of nitrogens with zero attached hydrogens (tertiary/aromatic N) is 4. The minimum atomic E-state index is -1.92. The highest BCUT2D eigenvalue weighted by atomic mass is 32.1. The zero-order valence-corrected chi connectivity index (χ0v) is 17.6. The summed E-state index contributed by atoms with van der Waals surface area (Å²) >= 11 is 1.65. The Morgan fingerprint density at radius 3 is 2.72 bits per heavy atom. The standard InChI is InChI=1S/C19H23BN4O4S/c1-12(2)10-24(19-18-15(21-11-22-19)7-13(3)29-18)23-9-14-5-6-16(28-20(25)26)17(8-14)27-4/h5-9,11-12,25-26H,10H2,1-4H3/b23-9+. The average Bonchev–Trinajstić information content (AvgIpc) is 3.05. The van der Waals surface area contributed by atoms with E-state index in [0.717, 1.165) is 21.6 Å². The van der Waals surface area contributed by atoms with Gasteiger partial charge < -0.3 is 19.4 Å². The smallest absolute Gasteiger partial charge is 0.509 e. The van der Waals surface area contributed by atoms with Crippen LogP contribution in [0.2, 0.25) is 0 Å². The molecular weight excluding hydrogens is 391 g/mol. The molecule has 0 saturated carbocycles. The maximum atomic E-state index is 9.00. The Kier molecular flexibility index (Phi) is 6.68. The molecule has 3 aromatic rings. The van der Waals surface area contributed by atoms with E-state index in [1.54, 1.807) is 42.1 Å². The number of benzene rings is 1. The van der Waals surface area contributed by atoms with Gasteiger partial charge in [0, 0.05) is 11.4 Å². The third-order valence-electron chi connectivity index (χ3n) is 3.96. The Bertz CT molecular complexity index is 1010. The van der Waals surface area contributed by atoms with Gasteiger partial charge in [0.2, 0.25) is 0 Å². The lowest BCUT2D eigenvalue weighted by Gasteiger charge is -2.20. The van der Waals surface area contributed by atoms with Gasteiger partial charge in [0.05, 0.1) is 23.5 Å². The zero-order valence-electron chi connectivity index (χ0n) is 16.7. The van der Waals surface area contributed by atoms with E-state index < -0.39 is 7.32 Å². The third-order valence-corrected chi connectivity index (χ3v) is 5.00. The lowest BCUT2D eigenvalue weighted by molar-refractivity contribution is 0.279. The number of fused-ring (bicyclic) bond motifs is 1. The van der Waals surface area contributed by atoms with Crippen molar-refractivity contribution in [3.63, 3.8) is 0 Å². The number of aryl methyl sites for hydroxylation is 1. The normalized spacial score (nSPS) is 11.4. The van der Waals surface area contributed by atoms with Crippen molar-refractivity contribution in [3.05, 3.63) is 41.0 Å². The molecule has 0 aliphatic heterocycles. The number of hydrazone groups is 1. The second-order valence-corrected chi connectivity index (χ2v) is 8.10. The molecule has 2 N–H and O–H groups in total. The summed E-state index contributed by atoms with van der Waals surface area (Å²) in [7, 11) is -0.436. The molecule has 29 heavy (non-hydrogen) atoms. The van der Waals surface area contributed by atoms with E-state index in [0.29, 0.717) is 18.2 Å². The van der Waals surface area contributed by atoms with Crippen LogP contribution in [0.15, 0.2) is 35.7 Å². The van der Waals surface area contributed by atoms with E-state index in [2.05, 4.69) is 28.9 Å². The van der Waals surface area contributed by atoms with Gasteiger partial charge >= 0.3 is 7.32 Å². The summed E-state index contributed by atoms with van der Waals surface area (Å²) in [6, 6.07) is 7.10. The molecule has 2 heterocycles. The lowest BCUT2D eigenvalue weighted by Crippen LogP contribution is -2.23. The van der Waals surface area contributed by atoms with E-state index >= 15 is 0 Å². The molecule has 1 aromatic carbocycles. The second-order valence-electron chi connectivity index (χ2n) is 6.84. The number of ether oxygens (including phenoxy) is 1. The zero-order chi connectivity index (χ0) is 21.0. The van der Waals surface area contributed by atoms with Crippen LogP contribution in [0.3, 0.4) is 0 Å². The molecule has 0 bridgehead atoms. The minimum Gasteiger partial charge on any atom is -0.509 e. The average molecular weight is 414 g/mol. The van der Waals surface area contributed by atoms with Gasteiger partial charge in [-0.25, -0.2) is 15.0 Å². The molecular formula is C19H23BN4O4S. The summed E-state index contributed by atoms with van der Waals surface area (Å²) in [5.74, 6) is 1.74. The molecule has 8 nitrogen and oxygen atoms in total. The van der Waals surface area contributed by atoms with Crippen molar-refractivity contribution in [2.45, 2.75) is 20.8 Å². The molecule has 10 heteroatoms. The van der Waals surface area contributed by atoms with Crippen molar-refractivity contribution in [1.82, 2.24) is 9.97 Å². The Labute approximate surface area is 173 Å². The Hall–Kier alpha value is -2.69. The first kappa shape index (κ1) is 21.0. The van der Waals surface area contributed by atoms with Crippen molar-refractivity contribution < 1.29 is 19.4 Å². The molecule has 0 fully saturated rings. The van der Waals surface area contributed by atoms with Crippen LogP contribution in [0.5, 0.6) is 11.5 Å². The molecule has 0 amide bonds. The number of aromatic nitrogens is 2. The Balaban J connectivity index is 1.93. The summed E-state index contributed by atoms with van der Waals surface area (Å²) < 4.78 is 11.2. The van der Waals surface area contributed by atoms with E-state index in [1.165, 1.54) is 12.0 Å². The highest BCUT2D eigenvalue weighted by Gasteiger charge is 2.17. The van der Waals surface area contributed by atoms with Crippen LogP contribution in [0.1, 0.15) is 24.3 Å². The SMILES string of the molecule is COc1cc(/C=N/N(CC(C)C)c2ncnc3cc(C)sc23)ccc1OB(O)O. The number of thiophene rings is 1. The van der Waals surface area contributed by atoms with Gasteiger partial charge in [0.1, 0.15) is 12.1 Å². The fourth-order valence-corrected chi connectivity index (χ4v) is 3.75. The molecule has 0 radical (unpaired) electrons. The molecule has 2 aromatic heterocycles. The van der Waals surface area contributed by atoms with Crippen LogP contribution < -0.4 is 14.4 Å². The Morgan fingerprint density at radius 2 is 2.03 bits per heavy atom. The lowest BCUT2D eigenvalue weighted by atomic mass is 10.2. The highest BCUT2D eigenvalue weighted by molar-refractivity contribution is 7.19. The molecule has 0 spiro atoms. The fraction of sp³-hybridized carbons (Fsp3) is 0.316. The number of anilines is 1. The summed E-state index contributed by atoms with van der Waals surface area (Å²) in [6.45, 7) is 6.98. The van der Waals surface area contributed by atoms with Gasteiger partial charge in [-0.3, -0.25) is 0 Å².